The Balaban J connectivity index is 1.47. The Morgan fingerprint density at radius 1 is 1.07 bits per heavy atom. The van der Waals surface area contributed by atoms with Crippen molar-refractivity contribution in [1.82, 2.24) is 4.90 Å². The van der Waals surface area contributed by atoms with Crippen molar-refractivity contribution in [1.29, 1.82) is 0 Å². The van der Waals surface area contributed by atoms with Crippen molar-refractivity contribution in [2.45, 2.75) is 89.6 Å². The molecule has 4 nitrogen and oxygen atoms in total. The number of hydrogen-bond acceptors (Lipinski definition) is 4. The molecule has 0 bridgehead atoms. The summed E-state index contributed by atoms with van der Waals surface area (Å²) in [5.41, 5.74) is -0.310. The second-order valence-electron chi connectivity index (χ2n) is 10.1. The van der Waals surface area contributed by atoms with E-state index in [2.05, 4.69) is 17.0 Å². The lowest BCUT2D eigenvalue weighted by molar-refractivity contribution is -0.123. The minimum Gasteiger partial charge on any atom is -0.395 e. The normalized spacial score (nSPS) is 37.8. The summed E-state index contributed by atoms with van der Waals surface area (Å²) in [6.07, 6.45) is 16.9. The summed E-state index contributed by atoms with van der Waals surface area (Å²) in [4.78, 5) is 7.42. The number of aliphatic hydroxyl groups is 1. The predicted molar refractivity (Wildman–Crippen MR) is 112 cm³/mol. The average Bonchev–Trinajstić information content (AvgIpc) is 2.92. The van der Waals surface area contributed by atoms with E-state index in [-0.39, 0.29) is 5.41 Å². The van der Waals surface area contributed by atoms with Crippen LogP contribution in [-0.2, 0) is 4.84 Å². The molecule has 0 heterocycles. The van der Waals surface area contributed by atoms with Gasteiger partial charge in [0.05, 0.1) is 5.60 Å². The second kappa shape index (κ2) is 9.26. The van der Waals surface area contributed by atoms with E-state index in [9.17, 15) is 5.11 Å². The molecule has 0 aromatic carbocycles. The maximum atomic E-state index is 11.6. The Morgan fingerprint density at radius 2 is 1.85 bits per heavy atom. The van der Waals surface area contributed by atoms with Crippen LogP contribution < -0.4 is 0 Å². The molecule has 3 aliphatic carbocycles. The van der Waals surface area contributed by atoms with Crippen molar-refractivity contribution >= 4 is 6.21 Å². The molecule has 156 valence electrons. The first kappa shape index (κ1) is 21.1. The fourth-order valence-corrected chi connectivity index (χ4v) is 6.32. The van der Waals surface area contributed by atoms with Gasteiger partial charge in [-0.3, -0.25) is 0 Å². The van der Waals surface area contributed by atoms with Crippen LogP contribution in [0.5, 0.6) is 0 Å². The van der Waals surface area contributed by atoms with E-state index in [1.165, 1.54) is 51.4 Å². The largest absolute Gasteiger partial charge is 0.395 e. The van der Waals surface area contributed by atoms with E-state index in [0.717, 1.165) is 44.1 Å². The first-order chi connectivity index (χ1) is 12.9. The highest BCUT2D eigenvalue weighted by atomic mass is 16.6. The van der Waals surface area contributed by atoms with Crippen LogP contribution >= 0.6 is 0 Å². The molecule has 1 N–H and O–H groups in total. The molecule has 27 heavy (non-hydrogen) atoms. The summed E-state index contributed by atoms with van der Waals surface area (Å²) in [5.74, 6) is 2.29. The summed E-state index contributed by atoms with van der Waals surface area (Å²) >= 11 is 0. The van der Waals surface area contributed by atoms with Crippen molar-refractivity contribution in [2.75, 3.05) is 27.2 Å². The minimum absolute atomic E-state index is 0.109. The van der Waals surface area contributed by atoms with Crippen LogP contribution in [0.2, 0.25) is 0 Å². The molecule has 3 fully saturated rings. The Hall–Kier alpha value is -0.610. The maximum absolute atomic E-state index is 11.6. The maximum Gasteiger partial charge on any atom is 0.129 e. The lowest BCUT2D eigenvalue weighted by Gasteiger charge is -2.51. The lowest BCUT2D eigenvalue weighted by Crippen LogP contribution is -2.50. The highest BCUT2D eigenvalue weighted by Gasteiger charge is 2.58. The second-order valence-corrected chi connectivity index (χ2v) is 10.1. The average molecular weight is 379 g/mol. The third kappa shape index (κ3) is 4.87. The van der Waals surface area contributed by atoms with Crippen LogP contribution in [0.1, 0.15) is 84.0 Å². The molecule has 3 aliphatic rings. The van der Waals surface area contributed by atoms with Crippen LogP contribution in [0.4, 0.5) is 0 Å². The summed E-state index contributed by atoms with van der Waals surface area (Å²) in [7, 11) is 4.08. The van der Waals surface area contributed by atoms with E-state index < -0.39 is 5.60 Å². The van der Waals surface area contributed by atoms with Gasteiger partial charge < -0.3 is 14.8 Å². The van der Waals surface area contributed by atoms with Gasteiger partial charge in [0.2, 0.25) is 0 Å². The monoisotopic (exact) mass is 378 g/mol. The van der Waals surface area contributed by atoms with E-state index in [1.807, 2.05) is 20.3 Å². The molecule has 3 rings (SSSR count). The Bertz CT molecular complexity index is 489. The fraction of sp³-hybridized carbons (Fsp3) is 0.957. The zero-order chi connectivity index (χ0) is 19.3. The van der Waals surface area contributed by atoms with Crippen LogP contribution in [0.3, 0.4) is 0 Å². The van der Waals surface area contributed by atoms with Gasteiger partial charge in [-0.25, -0.2) is 0 Å². The third-order valence-corrected chi connectivity index (χ3v) is 8.24. The van der Waals surface area contributed by atoms with E-state index in [1.54, 1.807) is 0 Å². The molecular weight excluding hydrogens is 336 g/mol. The van der Waals surface area contributed by atoms with Gasteiger partial charge >= 0.3 is 0 Å². The third-order valence-electron chi connectivity index (χ3n) is 8.24. The van der Waals surface area contributed by atoms with Crippen molar-refractivity contribution in [3.05, 3.63) is 0 Å². The van der Waals surface area contributed by atoms with Crippen molar-refractivity contribution < 1.29 is 9.94 Å². The predicted octanol–water partition coefficient (Wildman–Crippen LogP) is 4.86. The molecule has 4 atom stereocenters. The van der Waals surface area contributed by atoms with Gasteiger partial charge in [0.25, 0.3) is 0 Å². The number of rotatable bonds is 8. The first-order valence-electron chi connectivity index (χ1n) is 11.5. The van der Waals surface area contributed by atoms with Gasteiger partial charge in [-0.05, 0) is 82.2 Å². The summed E-state index contributed by atoms with van der Waals surface area (Å²) in [6, 6.07) is 0. The standard InChI is InChI=1S/C23H42N2O2/c1-22-13-11-20(19-8-5-4-6-9-19)18-23(22,26)14-12-21(22)10-7-15-24-27-17-16-25(2)3/h15,19-21,26H,4-14,16-18H2,1-3H3/b24-15+/t20-,21-,22+,23-/m0/s1. The molecule has 0 saturated heterocycles. The zero-order valence-corrected chi connectivity index (χ0v) is 18.0. The van der Waals surface area contributed by atoms with Crippen molar-refractivity contribution in [3.8, 4) is 0 Å². The van der Waals surface area contributed by atoms with E-state index in [4.69, 9.17) is 4.84 Å². The molecule has 0 aliphatic heterocycles. The number of hydrogen-bond donors (Lipinski definition) is 1. The number of nitrogens with zero attached hydrogens (tertiary/aromatic N) is 2. The first-order valence-corrected chi connectivity index (χ1v) is 11.5. The molecule has 4 heteroatoms. The molecular formula is C23H42N2O2. The molecule has 3 saturated carbocycles. The van der Waals surface area contributed by atoms with Crippen LogP contribution in [0.25, 0.3) is 0 Å². The smallest absolute Gasteiger partial charge is 0.129 e. The van der Waals surface area contributed by atoms with Crippen LogP contribution in [0, 0.1) is 23.2 Å². The summed E-state index contributed by atoms with van der Waals surface area (Å²) in [5, 5.41) is 15.7. The molecule has 0 amide bonds. The highest BCUT2D eigenvalue weighted by molar-refractivity contribution is 5.56. The van der Waals surface area contributed by atoms with Gasteiger partial charge in [0, 0.05) is 12.8 Å². The topological polar surface area (TPSA) is 45.1 Å². The molecule has 0 aromatic rings. The molecule has 0 unspecified atom stereocenters. The summed E-state index contributed by atoms with van der Waals surface area (Å²) < 4.78 is 0. The van der Waals surface area contributed by atoms with Crippen LogP contribution in [-0.4, -0.2) is 49.1 Å². The minimum atomic E-state index is -0.419. The number of oxime groups is 1. The lowest BCUT2D eigenvalue weighted by atomic mass is 9.57. The Labute approximate surface area is 166 Å². The highest BCUT2D eigenvalue weighted by Crippen LogP contribution is 2.61. The fourth-order valence-electron chi connectivity index (χ4n) is 6.32. The zero-order valence-electron chi connectivity index (χ0n) is 18.0. The van der Waals surface area contributed by atoms with Crippen molar-refractivity contribution in [2.24, 2.45) is 28.3 Å². The quantitative estimate of drug-likeness (QED) is 0.373. The molecule has 0 radical (unpaired) electrons. The van der Waals surface area contributed by atoms with E-state index in [0.29, 0.717) is 12.5 Å². The Morgan fingerprint density at radius 3 is 2.59 bits per heavy atom. The Kier molecular flexibility index (Phi) is 7.24. The SMILES string of the molecule is CN(C)CCO/N=C/CC[C@H]1CC[C@]2(O)C[C@@H](C3CCCCC3)CC[C@]12C. The van der Waals surface area contributed by atoms with E-state index >= 15 is 0 Å². The van der Waals surface area contributed by atoms with Crippen LogP contribution in [0.15, 0.2) is 5.16 Å². The van der Waals surface area contributed by atoms with Gasteiger partial charge in [-0.2, -0.15) is 0 Å². The van der Waals surface area contributed by atoms with Gasteiger partial charge in [-0.1, -0.05) is 44.2 Å². The molecule has 0 spiro atoms. The molecule has 0 aromatic heterocycles. The summed E-state index contributed by atoms with van der Waals surface area (Å²) in [6.45, 7) is 3.92. The van der Waals surface area contributed by atoms with Crippen molar-refractivity contribution in [3.63, 3.8) is 0 Å². The van der Waals surface area contributed by atoms with Gasteiger partial charge in [-0.15, -0.1) is 0 Å². The number of likely N-dealkylation sites (N-methyl/N-ethyl adjacent to an activating group) is 1. The number of fused-ring (bicyclic) bond motifs is 1. The van der Waals surface area contributed by atoms with Gasteiger partial charge in [0.1, 0.15) is 6.61 Å². The van der Waals surface area contributed by atoms with Gasteiger partial charge in [0.15, 0.2) is 0 Å².